The monoisotopic (exact) mass is 197 g/mol. The van der Waals surface area contributed by atoms with Crippen molar-refractivity contribution in [1.29, 1.82) is 15.8 Å². The third-order valence-corrected chi connectivity index (χ3v) is 1.74. The van der Waals surface area contributed by atoms with Crippen LogP contribution in [0.3, 0.4) is 0 Å². The van der Waals surface area contributed by atoms with E-state index in [9.17, 15) is 4.79 Å². The molecule has 15 heavy (non-hydrogen) atoms. The molecule has 0 aliphatic heterocycles. The minimum atomic E-state index is -1.24. The third-order valence-electron chi connectivity index (χ3n) is 1.74. The first-order valence-electron chi connectivity index (χ1n) is 3.75. The first-order chi connectivity index (χ1) is 7.13. The summed E-state index contributed by atoms with van der Waals surface area (Å²) in [6, 6.07) is 7.20. The fourth-order valence-electron chi connectivity index (χ4n) is 1.06. The normalized spacial score (nSPS) is 8.33. The van der Waals surface area contributed by atoms with Gasteiger partial charge < -0.3 is 5.11 Å². The summed E-state index contributed by atoms with van der Waals surface area (Å²) < 4.78 is 0. The van der Waals surface area contributed by atoms with Crippen LogP contribution in [0.2, 0.25) is 0 Å². The van der Waals surface area contributed by atoms with E-state index >= 15 is 0 Å². The Bertz CT molecular complexity index is 520. The minimum Gasteiger partial charge on any atom is -0.478 e. The maximum absolute atomic E-state index is 10.6. The lowest BCUT2D eigenvalue weighted by Gasteiger charge is -1.99. The lowest BCUT2D eigenvalue weighted by Crippen LogP contribution is -2.00. The molecule has 0 spiro atoms. The topological polar surface area (TPSA) is 109 Å². The van der Waals surface area contributed by atoms with E-state index in [1.807, 2.05) is 0 Å². The lowest BCUT2D eigenvalue weighted by molar-refractivity contribution is 0.0697. The van der Waals surface area contributed by atoms with Crippen molar-refractivity contribution in [2.75, 3.05) is 0 Å². The molecule has 0 fully saturated rings. The predicted molar refractivity (Wildman–Crippen MR) is 47.5 cm³/mol. The van der Waals surface area contributed by atoms with E-state index in [4.69, 9.17) is 20.9 Å². The summed E-state index contributed by atoms with van der Waals surface area (Å²) in [7, 11) is 0. The number of carbonyl (C=O) groups is 1. The molecule has 1 aromatic rings. The smallest absolute Gasteiger partial charge is 0.335 e. The number of hydrogen-bond donors (Lipinski definition) is 1. The summed E-state index contributed by atoms with van der Waals surface area (Å²) in [4.78, 5) is 10.6. The third kappa shape index (κ3) is 1.75. The Kier molecular flexibility index (Phi) is 2.67. The largest absolute Gasteiger partial charge is 0.478 e. The van der Waals surface area contributed by atoms with Gasteiger partial charge in [0.1, 0.15) is 18.2 Å². The highest BCUT2D eigenvalue weighted by atomic mass is 16.4. The number of nitriles is 3. The van der Waals surface area contributed by atoms with Crippen LogP contribution in [0.25, 0.3) is 0 Å². The highest BCUT2D eigenvalue weighted by Crippen LogP contribution is 2.15. The molecular weight excluding hydrogens is 194 g/mol. The van der Waals surface area contributed by atoms with Crippen LogP contribution in [0.4, 0.5) is 0 Å². The molecule has 0 saturated heterocycles. The molecule has 0 bridgehead atoms. The zero-order valence-electron chi connectivity index (χ0n) is 7.35. The Labute approximate surface area is 85.0 Å². The standard InChI is InChI=1S/C10H3N3O2/c11-3-7-1-6(10(14)15)2-8(4-12)9(7)5-13/h1-2H,(H,14,15). The van der Waals surface area contributed by atoms with Crippen LogP contribution in [0.15, 0.2) is 12.1 Å². The highest BCUT2D eigenvalue weighted by Gasteiger charge is 2.13. The Morgan fingerprint density at radius 1 is 1.07 bits per heavy atom. The van der Waals surface area contributed by atoms with Gasteiger partial charge in [0.25, 0.3) is 0 Å². The van der Waals surface area contributed by atoms with Gasteiger partial charge in [-0.3, -0.25) is 0 Å². The number of benzene rings is 1. The van der Waals surface area contributed by atoms with Crippen molar-refractivity contribution in [1.82, 2.24) is 0 Å². The number of hydrogen-bond acceptors (Lipinski definition) is 4. The molecule has 1 aromatic carbocycles. The van der Waals surface area contributed by atoms with Gasteiger partial charge in [0.2, 0.25) is 0 Å². The van der Waals surface area contributed by atoms with E-state index < -0.39 is 5.97 Å². The second-order valence-corrected chi connectivity index (χ2v) is 2.59. The van der Waals surface area contributed by atoms with E-state index in [-0.39, 0.29) is 22.3 Å². The summed E-state index contributed by atoms with van der Waals surface area (Å²) in [5, 5.41) is 34.7. The molecule has 0 amide bonds. The van der Waals surface area contributed by atoms with Crippen molar-refractivity contribution >= 4 is 5.97 Å². The maximum atomic E-state index is 10.6. The Hall–Kier alpha value is -2.84. The van der Waals surface area contributed by atoms with Gasteiger partial charge >= 0.3 is 5.97 Å². The zero-order chi connectivity index (χ0) is 11.4. The first-order valence-corrected chi connectivity index (χ1v) is 3.75. The minimum absolute atomic E-state index is 0.0926. The van der Waals surface area contributed by atoms with Gasteiger partial charge in [-0.2, -0.15) is 15.8 Å². The van der Waals surface area contributed by atoms with E-state index in [0.29, 0.717) is 0 Å². The average molecular weight is 197 g/mol. The Balaban J connectivity index is 3.62. The number of nitrogens with zero attached hydrogens (tertiary/aromatic N) is 3. The van der Waals surface area contributed by atoms with Crippen LogP contribution < -0.4 is 0 Å². The molecule has 0 aliphatic carbocycles. The van der Waals surface area contributed by atoms with Crippen LogP contribution >= 0.6 is 0 Å². The molecule has 1 N–H and O–H groups in total. The van der Waals surface area contributed by atoms with Crippen molar-refractivity contribution in [3.8, 4) is 18.2 Å². The zero-order valence-corrected chi connectivity index (χ0v) is 7.35. The number of carboxylic acid groups (broad SMARTS) is 1. The van der Waals surface area contributed by atoms with Gasteiger partial charge in [-0.05, 0) is 12.1 Å². The lowest BCUT2D eigenvalue weighted by atomic mass is 10.00. The second-order valence-electron chi connectivity index (χ2n) is 2.59. The SMILES string of the molecule is N#Cc1cc(C(=O)O)cc(C#N)c1C#N. The molecule has 5 heteroatoms. The predicted octanol–water partition coefficient (Wildman–Crippen LogP) is 1.000. The molecule has 0 atom stereocenters. The van der Waals surface area contributed by atoms with Crippen molar-refractivity contribution in [2.45, 2.75) is 0 Å². The van der Waals surface area contributed by atoms with E-state index in [0.717, 1.165) is 12.1 Å². The quantitative estimate of drug-likeness (QED) is 0.722. The summed E-state index contributed by atoms with van der Waals surface area (Å²) in [6.07, 6.45) is 0. The summed E-state index contributed by atoms with van der Waals surface area (Å²) in [5.41, 5.74) is -0.477. The van der Waals surface area contributed by atoms with Crippen molar-refractivity contribution < 1.29 is 9.90 Å². The number of carboxylic acids is 1. The van der Waals surface area contributed by atoms with Crippen LogP contribution in [0.5, 0.6) is 0 Å². The van der Waals surface area contributed by atoms with Crippen molar-refractivity contribution in [3.05, 3.63) is 34.4 Å². The number of rotatable bonds is 1. The summed E-state index contributed by atoms with van der Waals surface area (Å²) in [6.45, 7) is 0. The Morgan fingerprint density at radius 3 is 1.80 bits per heavy atom. The molecule has 70 valence electrons. The molecule has 0 aromatic heterocycles. The van der Waals surface area contributed by atoms with E-state index in [1.165, 1.54) is 0 Å². The van der Waals surface area contributed by atoms with Crippen molar-refractivity contribution in [2.24, 2.45) is 0 Å². The van der Waals surface area contributed by atoms with Gasteiger partial charge in [0.05, 0.1) is 22.3 Å². The molecular formula is C10H3N3O2. The molecule has 0 saturated carbocycles. The molecule has 0 aliphatic rings. The average Bonchev–Trinajstić information content (AvgIpc) is 2.26. The molecule has 0 radical (unpaired) electrons. The first kappa shape index (κ1) is 10.2. The van der Waals surface area contributed by atoms with Gasteiger partial charge in [-0.15, -0.1) is 0 Å². The van der Waals surface area contributed by atoms with Gasteiger partial charge in [0.15, 0.2) is 0 Å². The van der Waals surface area contributed by atoms with Crippen LogP contribution in [-0.4, -0.2) is 11.1 Å². The fraction of sp³-hybridized carbons (Fsp3) is 0. The van der Waals surface area contributed by atoms with Crippen LogP contribution in [0.1, 0.15) is 27.0 Å². The molecule has 0 unspecified atom stereocenters. The van der Waals surface area contributed by atoms with Crippen molar-refractivity contribution in [3.63, 3.8) is 0 Å². The molecule has 0 heterocycles. The van der Waals surface area contributed by atoms with Crippen LogP contribution in [-0.2, 0) is 0 Å². The van der Waals surface area contributed by atoms with E-state index in [2.05, 4.69) is 0 Å². The highest BCUT2D eigenvalue weighted by molar-refractivity contribution is 5.89. The maximum Gasteiger partial charge on any atom is 0.335 e. The van der Waals surface area contributed by atoms with E-state index in [1.54, 1.807) is 18.2 Å². The van der Waals surface area contributed by atoms with Gasteiger partial charge in [0, 0.05) is 0 Å². The fourth-order valence-corrected chi connectivity index (χ4v) is 1.06. The van der Waals surface area contributed by atoms with Gasteiger partial charge in [-0.25, -0.2) is 4.79 Å². The summed E-state index contributed by atoms with van der Waals surface area (Å²) >= 11 is 0. The van der Waals surface area contributed by atoms with Crippen LogP contribution in [0, 0.1) is 34.0 Å². The summed E-state index contributed by atoms with van der Waals surface area (Å²) in [5.74, 6) is -1.24. The number of aromatic carboxylic acids is 1. The molecule has 1 rings (SSSR count). The second kappa shape index (κ2) is 3.91. The van der Waals surface area contributed by atoms with Gasteiger partial charge in [-0.1, -0.05) is 0 Å². The molecule has 5 nitrogen and oxygen atoms in total. The Morgan fingerprint density at radius 2 is 1.53 bits per heavy atom.